The first-order valence-electron chi connectivity index (χ1n) is 9.23. The minimum Gasteiger partial charge on any atom is -0.422 e. The Kier molecular flexibility index (Phi) is 7.82. The molecule has 1 aromatic carbocycles. The van der Waals surface area contributed by atoms with Crippen molar-refractivity contribution in [1.82, 2.24) is 5.32 Å². The first-order valence-corrected chi connectivity index (χ1v) is 9.23. The summed E-state index contributed by atoms with van der Waals surface area (Å²) in [5.41, 5.74) is -0.279. The van der Waals surface area contributed by atoms with Gasteiger partial charge in [0, 0.05) is 0 Å². The van der Waals surface area contributed by atoms with Crippen molar-refractivity contribution in [1.29, 1.82) is 0 Å². The maximum absolute atomic E-state index is 12.3. The Morgan fingerprint density at radius 3 is 1.92 bits per heavy atom. The summed E-state index contributed by atoms with van der Waals surface area (Å²) in [6.45, 7) is 14.6. The Morgan fingerprint density at radius 1 is 0.885 bits per heavy atom. The van der Waals surface area contributed by atoms with Crippen LogP contribution in [0.2, 0.25) is 0 Å². The van der Waals surface area contributed by atoms with Gasteiger partial charge in [-0.05, 0) is 85.2 Å². The molecular weight excluding hydrogens is 330 g/mol. The highest BCUT2D eigenvalue weighted by Gasteiger charge is 2.28. The zero-order valence-corrected chi connectivity index (χ0v) is 17.2. The quantitative estimate of drug-likeness (QED) is 0.448. The molecule has 0 atom stereocenters. The van der Waals surface area contributed by atoms with Crippen LogP contribution >= 0.6 is 0 Å². The molecule has 0 aliphatic heterocycles. The fourth-order valence-electron chi connectivity index (χ4n) is 1.91. The summed E-state index contributed by atoms with van der Waals surface area (Å²) in [7, 11) is 0. The first-order chi connectivity index (χ1) is 11.9. The number of nitrogens with one attached hydrogen (secondary N) is 1. The minimum absolute atomic E-state index is 0.271. The number of benzene rings is 1. The molecule has 0 heterocycles. The van der Waals surface area contributed by atoms with Crippen molar-refractivity contribution < 1.29 is 19.1 Å². The fourth-order valence-corrected chi connectivity index (χ4v) is 1.91. The lowest BCUT2D eigenvalue weighted by atomic mass is 9.97. The second-order valence-electron chi connectivity index (χ2n) is 8.56. The summed E-state index contributed by atoms with van der Waals surface area (Å²) in [5.74, 6) is -0.182. The third kappa shape index (κ3) is 7.16. The van der Waals surface area contributed by atoms with Gasteiger partial charge in [0.15, 0.2) is 11.5 Å². The van der Waals surface area contributed by atoms with Crippen LogP contribution in [0.1, 0.15) is 60.5 Å². The molecule has 0 fully saturated rings. The molecule has 5 nitrogen and oxygen atoms in total. The zero-order valence-electron chi connectivity index (χ0n) is 17.2. The number of carbonyl (C=O) groups is 2. The van der Waals surface area contributed by atoms with E-state index in [4.69, 9.17) is 9.47 Å². The van der Waals surface area contributed by atoms with Gasteiger partial charge >= 0.3 is 11.9 Å². The second-order valence-corrected chi connectivity index (χ2v) is 8.56. The van der Waals surface area contributed by atoms with Gasteiger partial charge in [0.2, 0.25) is 0 Å². The Bertz CT molecular complexity index is 624. The molecule has 1 aromatic rings. The maximum Gasteiger partial charge on any atom is 0.316 e. The van der Waals surface area contributed by atoms with E-state index in [1.165, 1.54) is 0 Å². The van der Waals surface area contributed by atoms with Crippen molar-refractivity contribution in [3.05, 3.63) is 23.8 Å². The third-order valence-corrected chi connectivity index (χ3v) is 3.66. The standard InChI is InChI=1S/C21H33NO4/c1-8-12-22-13-11-15-9-10-16(25-18(23)20(2,3)4)17(14-15)26-19(24)21(5,6)7/h9-10,14,22H,8,11-13H2,1-7H3. The molecule has 0 radical (unpaired) electrons. The molecule has 0 unspecified atom stereocenters. The van der Waals surface area contributed by atoms with Crippen LogP contribution in [0.5, 0.6) is 11.5 Å². The van der Waals surface area contributed by atoms with Gasteiger partial charge in [-0.2, -0.15) is 0 Å². The Labute approximate surface area is 157 Å². The second kappa shape index (κ2) is 9.17. The SMILES string of the molecule is CCCNCCc1ccc(OC(=O)C(C)(C)C)c(OC(=O)C(C)(C)C)c1. The minimum atomic E-state index is -0.649. The fraction of sp³-hybridized carbons (Fsp3) is 0.619. The molecule has 26 heavy (non-hydrogen) atoms. The van der Waals surface area contributed by atoms with Crippen LogP contribution in [0.15, 0.2) is 18.2 Å². The normalized spacial score (nSPS) is 12.0. The van der Waals surface area contributed by atoms with E-state index in [0.29, 0.717) is 0 Å². The van der Waals surface area contributed by atoms with Gasteiger partial charge in [-0.25, -0.2) is 0 Å². The van der Waals surface area contributed by atoms with Crippen LogP contribution in [0.3, 0.4) is 0 Å². The van der Waals surface area contributed by atoms with Crippen molar-refractivity contribution in [2.24, 2.45) is 10.8 Å². The van der Waals surface area contributed by atoms with E-state index in [1.54, 1.807) is 53.7 Å². The average molecular weight is 363 g/mol. The highest BCUT2D eigenvalue weighted by molar-refractivity contribution is 5.81. The molecule has 0 aromatic heterocycles. The molecule has 0 amide bonds. The monoisotopic (exact) mass is 363 g/mol. The van der Waals surface area contributed by atoms with Gasteiger partial charge in [0.05, 0.1) is 10.8 Å². The Balaban J connectivity index is 3.03. The van der Waals surface area contributed by atoms with Crippen molar-refractivity contribution >= 4 is 11.9 Å². The molecule has 146 valence electrons. The lowest BCUT2D eigenvalue weighted by Gasteiger charge is -2.21. The van der Waals surface area contributed by atoms with Crippen LogP contribution in [-0.2, 0) is 16.0 Å². The van der Waals surface area contributed by atoms with Crippen molar-refractivity contribution in [3.63, 3.8) is 0 Å². The average Bonchev–Trinajstić information content (AvgIpc) is 2.51. The molecule has 0 saturated heterocycles. The summed E-state index contributed by atoms with van der Waals surface area (Å²) in [4.78, 5) is 24.5. The first kappa shape index (κ1) is 22.2. The molecule has 5 heteroatoms. The van der Waals surface area contributed by atoms with Gasteiger partial charge < -0.3 is 14.8 Å². The van der Waals surface area contributed by atoms with Crippen LogP contribution in [0, 0.1) is 10.8 Å². The third-order valence-electron chi connectivity index (χ3n) is 3.66. The zero-order chi connectivity index (χ0) is 20.0. The predicted octanol–water partition coefficient (Wildman–Crippen LogP) is 4.13. The van der Waals surface area contributed by atoms with Gasteiger partial charge in [0.1, 0.15) is 0 Å². The number of hydrogen-bond acceptors (Lipinski definition) is 5. The van der Waals surface area contributed by atoms with Crippen LogP contribution in [-0.4, -0.2) is 25.0 Å². The smallest absolute Gasteiger partial charge is 0.316 e. The highest BCUT2D eigenvalue weighted by atomic mass is 16.6. The van der Waals surface area contributed by atoms with E-state index < -0.39 is 10.8 Å². The van der Waals surface area contributed by atoms with Gasteiger partial charge in [-0.1, -0.05) is 13.0 Å². The number of rotatable bonds is 7. The van der Waals surface area contributed by atoms with Gasteiger partial charge in [-0.15, -0.1) is 0 Å². The molecule has 0 aliphatic rings. The van der Waals surface area contributed by atoms with Gasteiger partial charge in [-0.3, -0.25) is 9.59 Å². The Hall–Kier alpha value is -1.88. The van der Waals surface area contributed by atoms with E-state index in [9.17, 15) is 9.59 Å². The predicted molar refractivity (Wildman–Crippen MR) is 103 cm³/mol. The lowest BCUT2D eigenvalue weighted by molar-refractivity contribution is -0.145. The number of ether oxygens (including phenoxy) is 2. The maximum atomic E-state index is 12.3. The lowest BCUT2D eigenvalue weighted by Crippen LogP contribution is -2.28. The molecule has 0 bridgehead atoms. The molecular formula is C21H33NO4. The van der Waals surface area contributed by atoms with E-state index in [-0.39, 0.29) is 23.4 Å². The van der Waals surface area contributed by atoms with Crippen molar-refractivity contribution in [2.45, 2.75) is 61.3 Å². The van der Waals surface area contributed by atoms with Crippen molar-refractivity contribution in [3.8, 4) is 11.5 Å². The molecule has 0 aliphatic carbocycles. The molecule has 0 saturated carbocycles. The molecule has 1 N–H and O–H groups in total. The largest absolute Gasteiger partial charge is 0.422 e. The van der Waals surface area contributed by atoms with E-state index >= 15 is 0 Å². The molecule has 1 rings (SSSR count). The summed E-state index contributed by atoms with van der Waals surface area (Å²) >= 11 is 0. The number of hydrogen-bond donors (Lipinski definition) is 1. The van der Waals surface area contributed by atoms with Crippen LogP contribution in [0.25, 0.3) is 0 Å². The van der Waals surface area contributed by atoms with Gasteiger partial charge in [0.25, 0.3) is 0 Å². The summed E-state index contributed by atoms with van der Waals surface area (Å²) in [6.07, 6.45) is 1.88. The summed E-state index contributed by atoms with van der Waals surface area (Å²) < 4.78 is 11.0. The van der Waals surface area contributed by atoms with E-state index in [0.717, 1.165) is 31.5 Å². The summed E-state index contributed by atoms with van der Waals surface area (Å²) in [6, 6.07) is 5.37. The van der Waals surface area contributed by atoms with Crippen LogP contribution in [0.4, 0.5) is 0 Å². The topological polar surface area (TPSA) is 64.6 Å². The van der Waals surface area contributed by atoms with Crippen LogP contribution < -0.4 is 14.8 Å². The number of esters is 2. The highest BCUT2D eigenvalue weighted by Crippen LogP contribution is 2.32. The summed E-state index contributed by atoms with van der Waals surface area (Å²) in [5, 5.41) is 3.34. The van der Waals surface area contributed by atoms with E-state index in [1.807, 2.05) is 6.07 Å². The van der Waals surface area contributed by atoms with Crippen molar-refractivity contribution in [2.75, 3.05) is 13.1 Å². The number of carbonyl (C=O) groups excluding carboxylic acids is 2. The molecule has 0 spiro atoms. The van der Waals surface area contributed by atoms with E-state index in [2.05, 4.69) is 12.2 Å². The Morgan fingerprint density at radius 2 is 1.42 bits per heavy atom.